The summed E-state index contributed by atoms with van der Waals surface area (Å²) in [4.78, 5) is 0. The average molecular weight is 235 g/mol. The molecular formula is C10H21NOS2. The van der Waals surface area contributed by atoms with Crippen molar-refractivity contribution in [3.8, 4) is 0 Å². The second-order valence-electron chi connectivity index (χ2n) is 3.50. The van der Waals surface area contributed by atoms with Crippen LogP contribution in [-0.4, -0.2) is 48.8 Å². The first kappa shape index (κ1) is 12.7. The van der Waals surface area contributed by atoms with Crippen LogP contribution in [0.15, 0.2) is 0 Å². The molecular weight excluding hydrogens is 214 g/mol. The maximum atomic E-state index is 5.27. The lowest BCUT2D eigenvalue weighted by Crippen LogP contribution is -2.44. The topological polar surface area (TPSA) is 21.3 Å². The van der Waals surface area contributed by atoms with Crippen LogP contribution < -0.4 is 5.32 Å². The molecule has 0 bridgehead atoms. The van der Waals surface area contributed by atoms with Crippen LogP contribution in [0, 0.1) is 0 Å². The van der Waals surface area contributed by atoms with Crippen molar-refractivity contribution in [2.45, 2.75) is 24.6 Å². The van der Waals surface area contributed by atoms with Gasteiger partial charge in [0.25, 0.3) is 0 Å². The van der Waals surface area contributed by atoms with Gasteiger partial charge in [-0.05, 0) is 13.0 Å². The molecule has 1 saturated heterocycles. The van der Waals surface area contributed by atoms with E-state index in [4.69, 9.17) is 4.74 Å². The minimum absolute atomic E-state index is 0.540. The Balaban J connectivity index is 2.30. The monoisotopic (exact) mass is 235 g/mol. The van der Waals surface area contributed by atoms with Gasteiger partial charge in [0.1, 0.15) is 0 Å². The van der Waals surface area contributed by atoms with E-state index in [1.54, 1.807) is 7.11 Å². The lowest BCUT2D eigenvalue weighted by molar-refractivity contribution is 0.167. The van der Waals surface area contributed by atoms with Crippen molar-refractivity contribution >= 4 is 23.5 Å². The number of hydrogen-bond acceptors (Lipinski definition) is 4. The summed E-state index contributed by atoms with van der Waals surface area (Å²) in [6.45, 7) is 4.16. The summed E-state index contributed by atoms with van der Waals surface area (Å²) in [6, 6.07) is 0.540. The zero-order valence-corrected chi connectivity index (χ0v) is 10.8. The van der Waals surface area contributed by atoms with Crippen molar-refractivity contribution in [3.63, 3.8) is 0 Å². The van der Waals surface area contributed by atoms with Crippen molar-refractivity contribution in [2.24, 2.45) is 0 Å². The predicted octanol–water partition coefficient (Wildman–Crippen LogP) is 1.85. The summed E-state index contributed by atoms with van der Waals surface area (Å²) in [5.41, 5.74) is 0. The van der Waals surface area contributed by atoms with Gasteiger partial charge in [0.05, 0.1) is 6.61 Å². The number of hydrogen-bond donors (Lipinski definition) is 1. The number of methoxy groups -OCH3 is 1. The van der Waals surface area contributed by atoms with Crippen LogP contribution in [0.5, 0.6) is 0 Å². The zero-order chi connectivity index (χ0) is 10.2. The Labute approximate surface area is 95.9 Å². The normalized spacial score (nSPS) is 24.9. The van der Waals surface area contributed by atoms with Crippen molar-refractivity contribution in [3.05, 3.63) is 0 Å². The minimum Gasteiger partial charge on any atom is -0.383 e. The fourth-order valence-electron chi connectivity index (χ4n) is 1.55. The Morgan fingerprint density at radius 1 is 1.50 bits per heavy atom. The fraction of sp³-hybridized carbons (Fsp3) is 1.00. The Morgan fingerprint density at radius 2 is 2.36 bits per heavy atom. The fourth-order valence-corrected chi connectivity index (χ4v) is 4.42. The first-order valence-electron chi connectivity index (χ1n) is 5.30. The molecule has 1 aliphatic heterocycles. The molecule has 1 heterocycles. The summed E-state index contributed by atoms with van der Waals surface area (Å²) in [5.74, 6) is 3.88. The molecule has 2 unspecified atom stereocenters. The summed E-state index contributed by atoms with van der Waals surface area (Å²) in [7, 11) is 1.79. The number of rotatable bonds is 6. The quantitative estimate of drug-likeness (QED) is 0.758. The molecule has 84 valence electrons. The second-order valence-corrected chi connectivity index (χ2v) is 6.00. The van der Waals surface area contributed by atoms with Gasteiger partial charge in [-0.1, -0.05) is 6.92 Å². The van der Waals surface area contributed by atoms with Crippen molar-refractivity contribution in [1.82, 2.24) is 5.32 Å². The summed E-state index contributed by atoms with van der Waals surface area (Å²) in [5, 5.41) is 4.32. The molecule has 0 radical (unpaired) electrons. The maximum absolute atomic E-state index is 5.27. The van der Waals surface area contributed by atoms with Gasteiger partial charge in [0, 0.05) is 35.7 Å². The largest absolute Gasteiger partial charge is 0.383 e. The molecule has 14 heavy (non-hydrogen) atoms. The zero-order valence-electron chi connectivity index (χ0n) is 9.12. The Hall–Kier alpha value is 0.620. The van der Waals surface area contributed by atoms with E-state index in [0.717, 1.165) is 18.4 Å². The molecule has 0 aromatic rings. The standard InChI is InChI=1S/C10H21NOS2/c1-3-4-11-9(7-12-2)10-8-13-5-6-14-10/h9-11H,3-8H2,1-2H3. The summed E-state index contributed by atoms with van der Waals surface area (Å²) < 4.78 is 5.27. The Morgan fingerprint density at radius 3 is 2.93 bits per heavy atom. The third-order valence-electron chi connectivity index (χ3n) is 2.29. The van der Waals surface area contributed by atoms with Gasteiger partial charge >= 0.3 is 0 Å². The number of ether oxygens (including phenoxy) is 1. The highest BCUT2D eigenvalue weighted by atomic mass is 32.2. The van der Waals surface area contributed by atoms with Crippen LogP contribution in [-0.2, 0) is 4.74 Å². The third-order valence-corrected chi connectivity index (χ3v) is 5.21. The molecule has 2 nitrogen and oxygen atoms in total. The summed E-state index contributed by atoms with van der Waals surface area (Å²) in [6.07, 6.45) is 1.20. The van der Waals surface area contributed by atoms with E-state index in [2.05, 4.69) is 35.8 Å². The molecule has 0 amide bonds. The lowest BCUT2D eigenvalue weighted by atomic mass is 10.2. The predicted molar refractivity (Wildman–Crippen MR) is 67.5 cm³/mol. The highest BCUT2D eigenvalue weighted by Gasteiger charge is 2.23. The van der Waals surface area contributed by atoms with E-state index in [-0.39, 0.29) is 0 Å². The van der Waals surface area contributed by atoms with Gasteiger partial charge in [-0.3, -0.25) is 0 Å². The van der Waals surface area contributed by atoms with E-state index < -0.39 is 0 Å². The lowest BCUT2D eigenvalue weighted by Gasteiger charge is -2.29. The summed E-state index contributed by atoms with van der Waals surface area (Å²) >= 11 is 4.17. The van der Waals surface area contributed by atoms with Gasteiger partial charge < -0.3 is 10.1 Å². The molecule has 1 rings (SSSR count). The van der Waals surface area contributed by atoms with Crippen molar-refractivity contribution < 1.29 is 4.74 Å². The number of thioether (sulfide) groups is 2. The minimum atomic E-state index is 0.540. The Bertz CT molecular complexity index is 140. The highest BCUT2D eigenvalue weighted by Crippen LogP contribution is 2.26. The molecule has 1 fully saturated rings. The van der Waals surface area contributed by atoms with E-state index >= 15 is 0 Å². The highest BCUT2D eigenvalue weighted by molar-refractivity contribution is 8.06. The smallest absolute Gasteiger partial charge is 0.0626 e. The van der Waals surface area contributed by atoms with Crippen LogP contribution in [0.2, 0.25) is 0 Å². The molecule has 1 N–H and O–H groups in total. The average Bonchev–Trinajstić information content (AvgIpc) is 2.25. The van der Waals surface area contributed by atoms with Gasteiger partial charge in [0.2, 0.25) is 0 Å². The van der Waals surface area contributed by atoms with E-state index in [9.17, 15) is 0 Å². The van der Waals surface area contributed by atoms with Crippen LogP contribution in [0.25, 0.3) is 0 Å². The number of nitrogens with one attached hydrogen (secondary N) is 1. The first-order chi connectivity index (χ1) is 6.88. The SMILES string of the molecule is CCCNC(COC)C1CSCCS1. The third kappa shape index (κ3) is 4.43. The second kappa shape index (κ2) is 7.85. The molecule has 0 aromatic carbocycles. The van der Waals surface area contributed by atoms with E-state index in [0.29, 0.717) is 6.04 Å². The van der Waals surface area contributed by atoms with Crippen LogP contribution in [0.4, 0.5) is 0 Å². The molecule has 0 aromatic heterocycles. The van der Waals surface area contributed by atoms with Gasteiger partial charge in [-0.15, -0.1) is 0 Å². The van der Waals surface area contributed by atoms with Gasteiger partial charge in [-0.25, -0.2) is 0 Å². The van der Waals surface area contributed by atoms with Gasteiger partial charge in [-0.2, -0.15) is 23.5 Å². The van der Waals surface area contributed by atoms with Crippen LogP contribution in [0.3, 0.4) is 0 Å². The molecule has 0 saturated carbocycles. The van der Waals surface area contributed by atoms with E-state index in [1.807, 2.05) is 0 Å². The maximum Gasteiger partial charge on any atom is 0.0626 e. The molecule has 0 aliphatic carbocycles. The van der Waals surface area contributed by atoms with Gasteiger partial charge in [0.15, 0.2) is 0 Å². The molecule has 4 heteroatoms. The Kier molecular flexibility index (Phi) is 7.12. The first-order valence-corrected chi connectivity index (χ1v) is 7.50. The molecule has 1 aliphatic rings. The van der Waals surface area contributed by atoms with Crippen molar-refractivity contribution in [2.75, 3.05) is 37.5 Å². The van der Waals surface area contributed by atoms with Crippen LogP contribution in [0.1, 0.15) is 13.3 Å². The van der Waals surface area contributed by atoms with E-state index in [1.165, 1.54) is 23.7 Å². The molecule has 2 atom stereocenters. The van der Waals surface area contributed by atoms with Crippen LogP contribution >= 0.6 is 23.5 Å². The molecule has 0 spiro atoms. The van der Waals surface area contributed by atoms with Crippen molar-refractivity contribution in [1.29, 1.82) is 0 Å².